The van der Waals surface area contributed by atoms with E-state index in [9.17, 15) is 4.79 Å². The van der Waals surface area contributed by atoms with Gasteiger partial charge in [-0.3, -0.25) is 4.79 Å². The lowest BCUT2D eigenvalue weighted by molar-refractivity contribution is -0.124. The number of hydrogen-bond acceptors (Lipinski definition) is 2. The predicted octanol–water partition coefficient (Wildman–Crippen LogP) is 1.71. The van der Waals surface area contributed by atoms with E-state index in [2.05, 4.69) is 17.1 Å². The third-order valence-corrected chi connectivity index (χ3v) is 3.86. The highest BCUT2D eigenvalue weighted by atomic mass is 35.5. The first-order chi connectivity index (χ1) is 7.67. The van der Waals surface area contributed by atoms with Crippen molar-refractivity contribution in [3.8, 4) is 0 Å². The Bertz CT molecular complexity index is 215. The summed E-state index contributed by atoms with van der Waals surface area (Å²) in [7, 11) is 0. The lowest BCUT2D eigenvalue weighted by Gasteiger charge is -2.31. The highest BCUT2D eigenvalue weighted by Gasteiger charge is 2.19. The van der Waals surface area contributed by atoms with Crippen LogP contribution in [-0.2, 0) is 4.79 Å². The van der Waals surface area contributed by atoms with Crippen LogP contribution in [0.5, 0.6) is 0 Å². The van der Waals surface area contributed by atoms with Gasteiger partial charge in [0.15, 0.2) is 0 Å². The fourth-order valence-corrected chi connectivity index (χ4v) is 2.14. The zero-order valence-electron chi connectivity index (χ0n) is 10.3. The van der Waals surface area contributed by atoms with Gasteiger partial charge in [0, 0.05) is 18.3 Å². The molecule has 1 rings (SSSR count). The molecule has 94 valence electrons. The average molecular weight is 247 g/mol. The summed E-state index contributed by atoms with van der Waals surface area (Å²) in [6, 6.07) is 0. The number of carbonyl (C=O) groups excluding carboxylic acids is 1. The molecule has 1 atom stereocenters. The van der Waals surface area contributed by atoms with Gasteiger partial charge in [-0.1, -0.05) is 13.8 Å². The monoisotopic (exact) mass is 246 g/mol. The van der Waals surface area contributed by atoms with E-state index in [4.69, 9.17) is 11.6 Å². The third kappa shape index (κ3) is 4.30. The first-order valence-corrected chi connectivity index (χ1v) is 6.76. The Morgan fingerprint density at radius 1 is 1.50 bits per heavy atom. The summed E-state index contributed by atoms with van der Waals surface area (Å²) in [6.45, 7) is 8.36. The zero-order valence-corrected chi connectivity index (χ0v) is 11.1. The van der Waals surface area contributed by atoms with Crippen LogP contribution < -0.4 is 5.32 Å². The Morgan fingerprint density at radius 3 is 2.62 bits per heavy atom. The van der Waals surface area contributed by atoms with Crippen molar-refractivity contribution in [2.75, 3.05) is 32.1 Å². The summed E-state index contributed by atoms with van der Waals surface area (Å²) in [4.78, 5) is 14.0. The topological polar surface area (TPSA) is 32.3 Å². The van der Waals surface area contributed by atoms with Crippen LogP contribution >= 0.6 is 11.6 Å². The van der Waals surface area contributed by atoms with E-state index in [-0.39, 0.29) is 11.8 Å². The molecule has 1 amide bonds. The number of rotatable bonds is 5. The SMILES string of the molecule is CCN1CCC(CNC(=O)C(C)CCl)CC1. The molecule has 1 N–H and O–H groups in total. The Hall–Kier alpha value is -0.280. The van der Waals surface area contributed by atoms with Gasteiger partial charge in [0.1, 0.15) is 0 Å². The van der Waals surface area contributed by atoms with Gasteiger partial charge in [-0.15, -0.1) is 11.6 Å². The zero-order chi connectivity index (χ0) is 12.0. The number of halogens is 1. The molecule has 1 aliphatic heterocycles. The Balaban J connectivity index is 2.17. The van der Waals surface area contributed by atoms with E-state index in [1.54, 1.807) is 0 Å². The number of hydrogen-bond donors (Lipinski definition) is 1. The molecule has 3 nitrogen and oxygen atoms in total. The smallest absolute Gasteiger partial charge is 0.224 e. The average Bonchev–Trinajstić information content (AvgIpc) is 2.35. The number of nitrogens with zero attached hydrogens (tertiary/aromatic N) is 1. The fourth-order valence-electron chi connectivity index (χ4n) is 2.00. The van der Waals surface area contributed by atoms with Crippen molar-refractivity contribution in [2.24, 2.45) is 11.8 Å². The van der Waals surface area contributed by atoms with E-state index in [1.165, 1.54) is 25.9 Å². The van der Waals surface area contributed by atoms with E-state index in [1.807, 2.05) is 6.92 Å². The number of alkyl halides is 1. The molecule has 1 aliphatic rings. The van der Waals surface area contributed by atoms with Crippen molar-refractivity contribution in [3.63, 3.8) is 0 Å². The highest BCUT2D eigenvalue weighted by molar-refractivity contribution is 6.19. The van der Waals surface area contributed by atoms with Crippen LogP contribution in [0.1, 0.15) is 26.7 Å². The maximum atomic E-state index is 11.5. The number of carbonyl (C=O) groups is 1. The number of amides is 1. The van der Waals surface area contributed by atoms with Crippen LogP contribution in [0.3, 0.4) is 0 Å². The second-order valence-corrected chi connectivity index (χ2v) is 4.99. The van der Waals surface area contributed by atoms with Gasteiger partial charge in [-0.05, 0) is 38.4 Å². The number of likely N-dealkylation sites (tertiary alicyclic amines) is 1. The quantitative estimate of drug-likeness (QED) is 0.749. The normalized spacial score (nSPS) is 20.7. The van der Waals surface area contributed by atoms with Crippen LogP contribution in [0.2, 0.25) is 0 Å². The van der Waals surface area contributed by atoms with Gasteiger partial charge < -0.3 is 10.2 Å². The maximum Gasteiger partial charge on any atom is 0.224 e. The molecule has 0 spiro atoms. The maximum absolute atomic E-state index is 11.5. The molecule has 0 aromatic heterocycles. The van der Waals surface area contributed by atoms with Crippen molar-refractivity contribution < 1.29 is 4.79 Å². The largest absolute Gasteiger partial charge is 0.356 e. The van der Waals surface area contributed by atoms with Crippen molar-refractivity contribution in [3.05, 3.63) is 0 Å². The van der Waals surface area contributed by atoms with Crippen molar-refractivity contribution in [1.29, 1.82) is 0 Å². The summed E-state index contributed by atoms with van der Waals surface area (Å²) < 4.78 is 0. The minimum atomic E-state index is -0.0719. The van der Waals surface area contributed by atoms with Crippen LogP contribution in [0.25, 0.3) is 0 Å². The molecule has 0 radical (unpaired) electrons. The van der Waals surface area contributed by atoms with Crippen LogP contribution in [-0.4, -0.2) is 42.9 Å². The summed E-state index contributed by atoms with van der Waals surface area (Å²) in [5.74, 6) is 1.07. The first kappa shape index (κ1) is 13.8. The van der Waals surface area contributed by atoms with Gasteiger partial charge in [0.05, 0.1) is 0 Å². The second kappa shape index (κ2) is 7.13. The molecule has 0 aliphatic carbocycles. The molecule has 1 heterocycles. The number of piperidine rings is 1. The molecule has 0 saturated carbocycles. The van der Waals surface area contributed by atoms with Crippen LogP contribution in [0.15, 0.2) is 0 Å². The van der Waals surface area contributed by atoms with E-state index >= 15 is 0 Å². The summed E-state index contributed by atoms with van der Waals surface area (Å²) in [5.41, 5.74) is 0. The summed E-state index contributed by atoms with van der Waals surface area (Å²) in [6.07, 6.45) is 2.40. The summed E-state index contributed by atoms with van der Waals surface area (Å²) >= 11 is 5.64. The minimum Gasteiger partial charge on any atom is -0.356 e. The minimum absolute atomic E-state index is 0.0719. The molecule has 0 aromatic rings. The van der Waals surface area contributed by atoms with Crippen LogP contribution in [0, 0.1) is 11.8 Å². The Kier molecular flexibility index (Phi) is 6.14. The molecule has 0 bridgehead atoms. The molecule has 1 saturated heterocycles. The molecule has 4 heteroatoms. The van der Waals surface area contributed by atoms with Crippen molar-refractivity contribution in [1.82, 2.24) is 10.2 Å². The Labute approximate surface area is 104 Å². The Morgan fingerprint density at radius 2 is 2.12 bits per heavy atom. The van der Waals surface area contributed by atoms with Gasteiger partial charge >= 0.3 is 0 Å². The number of nitrogens with one attached hydrogen (secondary N) is 1. The molecule has 1 fully saturated rings. The predicted molar refractivity (Wildman–Crippen MR) is 67.7 cm³/mol. The molecule has 0 aromatic carbocycles. The van der Waals surface area contributed by atoms with Gasteiger partial charge in [0.25, 0.3) is 0 Å². The van der Waals surface area contributed by atoms with Crippen molar-refractivity contribution >= 4 is 17.5 Å². The second-order valence-electron chi connectivity index (χ2n) is 4.68. The third-order valence-electron chi connectivity index (χ3n) is 3.40. The summed E-state index contributed by atoms with van der Waals surface area (Å²) in [5, 5.41) is 2.99. The molecule has 1 unspecified atom stereocenters. The first-order valence-electron chi connectivity index (χ1n) is 6.23. The lowest BCUT2D eigenvalue weighted by Crippen LogP contribution is -2.39. The van der Waals surface area contributed by atoms with Gasteiger partial charge in [-0.25, -0.2) is 0 Å². The van der Waals surface area contributed by atoms with Crippen LogP contribution in [0.4, 0.5) is 0 Å². The fraction of sp³-hybridized carbons (Fsp3) is 0.917. The lowest BCUT2D eigenvalue weighted by atomic mass is 9.96. The van der Waals surface area contributed by atoms with E-state index in [0.717, 1.165) is 13.1 Å². The van der Waals surface area contributed by atoms with E-state index in [0.29, 0.717) is 11.8 Å². The highest BCUT2D eigenvalue weighted by Crippen LogP contribution is 2.15. The standard InChI is InChI=1S/C12H23ClN2O/c1-3-15-6-4-11(5-7-15)9-14-12(16)10(2)8-13/h10-11H,3-9H2,1-2H3,(H,14,16). The van der Waals surface area contributed by atoms with E-state index < -0.39 is 0 Å². The molecular weight excluding hydrogens is 224 g/mol. The van der Waals surface area contributed by atoms with Crippen molar-refractivity contribution in [2.45, 2.75) is 26.7 Å². The van der Waals surface area contributed by atoms with Gasteiger partial charge in [-0.2, -0.15) is 0 Å². The molecular formula is C12H23ClN2O. The van der Waals surface area contributed by atoms with Gasteiger partial charge in [0.2, 0.25) is 5.91 Å². The molecule has 16 heavy (non-hydrogen) atoms.